The fourth-order valence-corrected chi connectivity index (χ4v) is 4.47. The van der Waals surface area contributed by atoms with E-state index in [0.29, 0.717) is 18.9 Å². The first-order valence-electron chi connectivity index (χ1n) is 12.4. The van der Waals surface area contributed by atoms with Gasteiger partial charge in [0.15, 0.2) is 17.7 Å². The molecule has 2 aromatic rings. The maximum absolute atomic E-state index is 14.1. The molecular weight excluding hydrogens is 422 g/mol. The monoisotopic (exact) mass is 458 g/mol. The van der Waals surface area contributed by atoms with Crippen molar-refractivity contribution in [2.24, 2.45) is 5.92 Å². The molecule has 0 aromatic heterocycles. The lowest BCUT2D eigenvalue weighted by molar-refractivity contribution is -0.157. The molecule has 3 nitrogen and oxygen atoms in total. The Kier molecular flexibility index (Phi) is 9.71. The van der Waals surface area contributed by atoms with Gasteiger partial charge in [-0.05, 0) is 86.6 Å². The van der Waals surface area contributed by atoms with Crippen molar-refractivity contribution in [3.63, 3.8) is 0 Å². The summed E-state index contributed by atoms with van der Waals surface area (Å²) in [5.74, 6) is -0.147. The smallest absolute Gasteiger partial charge is 0.340 e. The van der Waals surface area contributed by atoms with E-state index in [1.54, 1.807) is 6.07 Å². The number of rotatable bonds is 11. The van der Waals surface area contributed by atoms with E-state index in [4.69, 9.17) is 9.47 Å². The highest BCUT2D eigenvalue weighted by atomic mass is 19.1. The van der Waals surface area contributed by atoms with Gasteiger partial charge in [-0.15, -0.1) is 0 Å². The second-order valence-corrected chi connectivity index (χ2v) is 9.00. The molecule has 1 aliphatic carbocycles. The molecule has 180 valence electrons. The zero-order chi connectivity index (χ0) is 23.6. The topological polar surface area (TPSA) is 35.5 Å². The lowest BCUT2D eigenvalue weighted by atomic mass is 9.83. The first kappa shape index (κ1) is 25.2. The normalized spacial score (nSPS) is 19.2. The number of benzene rings is 2. The predicted molar refractivity (Wildman–Crippen MR) is 128 cm³/mol. The van der Waals surface area contributed by atoms with E-state index in [-0.39, 0.29) is 24.1 Å². The maximum atomic E-state index is 14.1. The van der Waals surface area contributed by atoms with Crippen molar-refractivity contribution in [2.75, 3.05) is 6.61 Å². The van der Waals surface area contributed by atoms with Crippen molar-refractivity contribution >= 4 is 5.97 Å². The van der Waals surface area contributed by atoms with E-state index in [2.05, 4.69) is 12.1 Å². The number of hydrogen-bond donors (Lipinski definition) is 0. The second kappa shape index (κ2) is 12.7. The van der Waals surface area contributed by atoms with Crippen molar-refractivity contribution in [3.05, 3.63) is 53.8 Å². The zero-order valence-electron chi connectivity index (χ0n) is 19.8. The van der Waals surface area contributed by atoms with Crippen LogP contribution >= 0.6 is 0 Å². The standard InChI is InChI=1S/C28H36F2O3/c1-3-5-6-25(29)28(31)33-24-16-11-21(12-17-24)8-7-20-9-13-22(14-10-20)23-15-18-27(32-4-2)26(30)19-23/h9-10,13-15,18-19,21,24-25H,3-8,11-12,16-17H2,1-2H3/t21?,24?,25-/m0/s1. The minimum absolute atomic E-state index is 0.137. The van der Waals surface area contributed by atoms with Crippen LogP contribution in [-0.2, 0) is 16.0 Å². The van der Waals surface area contributed by atoms with Gasteiger partial charge in [0.1, 0.15) is 6.10 Å². The first-order chi connectivity index (χ1) is 16.0. The van der Waals surface area contributed by atoms with E-state index < -0.39 is 12.1 Å². The number of aryl methyl sites for hydroxylation is 1. The highest BCUT2D eigenvalue weighted by molar-refractivity contribution is 5.74. The molecule has 0 radical (unpaired) electrons. The highest BCUT2D eigenvalue weighted by Crippen LogP contribution is 2.31. The Labute approximate surface area is 196 Å². The molecule has 0 amide bonds. The molecule has 33 heavy (non-hydrogen) atoms. The Bertz CT molecular complexity index is 873. The summed E-state index contributed by atoms with van der Waals surface area (Å²) in [6.45, 7) is 4.26. The van der Waals surface area contributed by atoms with Crippen molar-refractivity contribution in [1.29, 1.82) is 0 Å². The summed E-state index contributed by atoms with van der Waals surface area (Å²) in [4.78, 5) is 11.9. The fourth-order valence-electron chi connectivity index (χ4n) is 4.47. The molecule has 0 heterocycles. The molecule has 3 rings (SSSR count). The molecule has 1 fully saturated rings. The Morgan fingerprint density at radius 2 is 1.73 bits per heavy atom. The van der Waals surface area contributed by atoms with Crippen LogP contribution in [-0.4, -0.2) is 24.9 Å². The van der Waals surface area contributed by atoms with E-state index in [1.807, 2.05) is 32.0 Å². The lowest BCUT2D eigenvalue weighted by Crippen LogP contribution is -2.29. The summed E-state index contributed by atoms with van der Waals surface area (Å²) in [5.41, 5.74) is 3.07. The molecule has 0 bridgehead atoms. The van der Waals surface area contributed by atoms with Gasteiger partial charge in [-0.3, -0.25) is 0 Å². The van der Waals surface area contributed by atoms with Gasteiger partial charge in [0.05, 0.1) is 6.61 Å². The van der Waals surface area contributed by atoms with Crippen LogP contribution in [0.1, 0.15) is 70.8 Å². The van der Waals surface area contributed by atoms with Crippen molar-refractivity contribution in [1.82, 2.24) is 0 Å². The summed E-state index contributed by atoms with van der Waals surface area (Å²) in [6.07, 6.45) is 5.95. The van der Waals surface area contributed by atoms with Gasteiger partial charge < -0.3 is 9.47 Å². The summed E-state index contributed by atoms with van der Waals surface area (Å²) in [6, 6.07) is 13.3. The van der Waals surface area contributed by atoms with Crippen LogP contribution in [0.3, 0.4) is 0 Å². The molecule has 0 spiro atoms. The van der Waals surface area contributed by atoms with Crippen LogP contribution in [0, 0.1) is 11.7 Å². The molecular formula is C28H36F2O3. The van der Waals surface area contributed by atoms with Gasteiger partial charge in [0.2, 0.25) is 0 Å². The Morgan fingerprint density at radius 1 is 1.03 bits per heavy atom. The third kappa shape index (κ3) is 7.55. The van der Waals surface area contributed by atoms with Crippen LogP contribution in [0.2, 0.25) is 0 Å². The predicted octanol–water partition coefficient (Wildman–Crippen LogP) is 7.45. The highest BCUT2D eigenvalue weighted by Gasteiger charge is 2.27. The van der Waals surface area contributed by atoms with Gasteiger partial charge in [-0.1, -0.05) is 50.1 Å². The third-order valence-electron chi connectivity index (χ3n) is 6.50. The number of alkyl halides is 1. The van der Waals surface area contributed by atoms with Gasteiger partial charge >= 0.3 is 5.97 Å². The minimum Gasteiger partial charge on any atom is -0.491 e. The summed E-state index contributed by atoms with van der Waals surface area (Å²) in [5, 5.41) is 0. The van der Waals surface area contributed by atoms with Gasteiger partial charge in [0.25, 0.3) is 0 Å². The number of carbonyl (C=O) groups is 1. The molecule has 0 saturated heterocycles. The number of hydrogen-bond acceptors (Lipinski definition) is 3. The average molecular weight is 459 g/mol. The van der Waals surface area contributed by atoms with Crippen LogP contribution < -0.4 is 4.74 Å². The van der Waals surface area contributed by atoms with Gasteiger partial charge in [-0.25, -0.2) is 13.6 Å². The Hall–Kier alpha value is -2.43. The summed E-state index contributed by atoms with van der Waals surface area (Å²) >= 11 is 0. The first-order valence-corrected chi connectivity index (χ1v) is 12.4. The third-order valence-corrected chi connectivity index (χ3v) is 6.50. The van der Waals surface area contributed by atoms with E-state index in [9.17, 15) is 13.6 Å². The van der Waals surface area contributed by atoms with Crippen LogP contribution in [0.4, 0.5) is 8.78 Å². The second-order valence-electron chi connectivity index (χ2n) is 9.00. The van der Waals surface area contributed by atoms with Crippen molar-refractivity contribution in [3.8, 4) is 16.9 Å². The SMILES string of the molecule is CCCC[C@H](F)C(=O)OC1CCC(CCc2ccc(-c3ccc(OCC)c(F)c3)cc2)CC1. The van der Waals surface area contributed by atoms with E-state index in [0.717, 1.165) is 56.1 Å². The summed E-state index contributed by atoms with van der Waals surface area (Å²) in [7, 11) is 0. The number of esters is 1. The zero-order valence-corrected chi connectivity index (χ0v) is 19.8. The van der Waals surface area contributed by atoms with Crippen molar-refractivity contribution in [2.45, 2.75) is 83.9 Å². The molecule has 1 atom stereocenters. The number of halogens is 2. The number of unbranched alkanes of at least 4 members (excludes halogenated alkanes) is 1. The summed E-state index contributed by atoms with van der Waals surface area (Å²) < 4.78 is 38.6. The average Bonchev–Trinajstić information content (AvgIpc) is 2.83. The van der Waals surface area contributed by atoms with E-state index in [1.165, 1.54) is 11.6 Å². The molecule has 1 saturated carbocycles. The molecule has 0 N–H and O–H groups in total. The molecule has 2 aromatic carbocycles. The van der Waals surface area contributed by atoms with Crippen LogP contribution in [0.15, 0.2) is 42.5 Å². The van der Waals surface area contributed by atoms with Crippen molar-refractivity contribution < 1.29 is 23.0 Å². The molecule has 5 heteroatoms. The number of ether oxygens (including phenoxy) is 2. The van der Waals surface area contributed by atoms with Crippen LogP contribution in [0.25, 0.3) is 11.1 Å². The molecule has 0 aliphatic heterocycles. The van der Waals surface area contributed by atoms with E-state index >= 15 is 0 Å². The van der Waals surface area contributed by atoms with Gasteiger partial charge in [0, 0.05) is 0 Å². The molecule has 1 aliphatic rings. The Balaban J connectivity index is 1.42. The quantitative estimate of drug-likeness (QED) is 0.328. The van der Waals surface area contributed by atoms with Gasteiger partial charge in [-0.2, -0.15) is 0 Å². The minimum atomic E-state index is -1.48. The largest absolute Gasteiger partial charge is 0.491 e. The lowest BCUT2D eigenvalue weighted by Gasteiger charge is -2.28. The number of carbonyl (C=O) groups excluding carboxylic acids is 1. The molecule has 0 unspecified atom stereocenters. The van der Waals surface area contributed by atoms with Crippen LogP contribution in [0.5, 0.6) is 5.75 Å². The maximum Gasteiger partial charge on any atom is 0.340 e. The fraction of sp³-hybridized carbons (Fsp3) is 0.536. The Morgan fingerprint density at radius 3 is 2.36 bits per heavy atom.